The van der Waals surface area contributed by atoms with Crippen LogP contribution in [0, 0.1) is 5.92 Å². The van der Waals surface area contributed by atoms with Crippen LogP contribution in [0.1, 0.15) is 16.1 Å². The molecule has 10 heteroatoms. The zero-order valence-corrected chi connectivity index (χ0v) is 14.3. The second-order valence-electron chi connectivity index (χ2n) is 5.85. The summed E-state index contributed by atoms with van der Waals surface area (Å²) in [6.07, 6.45) is -4.46. The van der Waals surface area contributed by atoms with Crippen molar-refractivity contribution in [2.24, 2.45) is 5.92 Å². The number of alkyl halides is 3. The van der Waals surface area contributed by atoms with Crippen LogP contribution in [0.4, 0.5) is 13.2 Å². The number of nitrogens with one attached hydrogen (secondary N) is 2. The second-order valence-corrected chi connectivity index (χ2v) is 5.85. The van der Waals surface area contributed by atoms with Crippen molar-refractivity contribution in [1.29, 1.82) is 0 Å². The summed E-state index contributed by atoms with van der Waals surface area (Å²) in [5.41, 5.74) is -1.46. The molecule has 3 N–H and O–H groups in total. The van der Waals surface area contributed by atoms with Gasteiger partial charge in [0.2, 0.25) is 0 Å². The van der Waals surface area contributed by atoms with Gasteiger partial charge in [-0.3, -0.25) is 4.79 Å². The van der Waals surface area contributed by atoms with Crippen LogP contribution in [0.5, 0.6) is 0 Å². The number of para-hydroxylation sites is 1. The van der Waals surface area contributed by atoms with Crippen LogP contribution in [0.2, 0.25) is 0 Å². The van der Waals surface area contributed by atoms with Gasteiger partial charge in [0.25, 0.3) is 5.91 Å². The van der Waals surface area contributed by atoms with E-state index in [1.807, 2.05) is 0 Å². The van der Waals surface area contributed by atoms with Crippen molar-refractivity contribution in [1.82, 2.24) is 20.4 Å². The third-order valence-corrected chi connectivity index (χ3v) is 4.11. The molecule has 1 aliphatic rings. The molecule has 3 rings (SSSR count). The molecule has 142 valence electrons. The van der Waals surface area contributed by atoms with Gasteiger partial charge in [-0.1, -0.05) is 18.2 Å². The number of nitrogens with zero attached hydrogens (tertiary/aromatic N) is 2. The molecule has 0 radical (unpaired) electrons. The number of halogens is 4. The molecule has 2 atom stereocenters. The fourth-order valence-electron chi connectivity index (χ4n) is 2.80. The Bertz CT molecular complexity index is 752. The summed E-state index contributed by atoms with van der Waals surface area (Å²) >= 11 is 0. The Kier molecular flexibility index (Phi) is 6.27. The van der Waals surface area contributed by atoms with E-state index in [4.69, 9.17) is 0 Å². The third-order valence-electron chi connectivity index (χ3n) is 4.11. The predicted octanol–water partition coefficient (Wildman–Crippen LogP) is 1.62. The third kappa shape index (κ3) is 4.17. The van der Waals surface area contributed by atoms with Gasteiger partial charge in [0, 0.05) is 25.6 Å². The van der Waals surface area contributed by atoms with E-state index in [0.29, 0.717) is 17.8 Å². The number of rotatable bonds is 4. The molecule has 2 aromatic rings. The molecule has 0 spiro atoms. The van der Waals surface area contributed by atoms with E-state index in [2.05, 4.69) is 15.7 Å². The minimum atomic E-state index is -4.74. The maximum Gasteiger partial charge on any atom is 0.434 e. The highest BCUT2D eigenvalue weighted by atomic mass is 35.5. The monoisotopic (exact) mass is 390 g/mol. The van der Waals surface area contributed by atoms with Gasteiger partial charge in [0.05, 0.1) is 23.6 Å². The van der Waals surface area contributed by atoms with Gasteiger partial charge in [-0.15, -0.1) is 12.4 Å². The number of carbonyl (C=O) groups excluding carboxylic acids is 1. The van der Waals surface area contributed by atoms with Gasteiger partial charge >= 0.3 is 6.18 Å². The van der Waals surface area contributed by atoms with E-state index in [0.717, 1.165) is 6.20 Å². The van der Waals surface area contributed by atoms with Crippen molar-refractivity contribution in [3.63, 3.8) is 0 Å². The number of amides is 1. The highest BCUT2D eigenvalue weighted by Gasteiger charge is 2.40. The fourth-order valence-corrected chi connectivity index (χ4v) is 2.80. The SMILES string of the molecule is Cl.O=C(NCC1CNCC1O)c1cnn(-c2ccccc2)c1C(F)(F)F. The molecule has 2 unspecified atom stereocenters. The topological polar surface area (TPSA) is 79.2 Å². The van der Waals surface area contributed by atoms with E-state index in [1.54, 1.807) is 18.2 Å². The number of carbonyl (C=O) groups is 1. The number of hydrogen-bond donors (Lipinski definition) is 3. The summed E-state index contributed by atoms with van der Waals surface area (Å²) in [6.45, 7) is 0.984. The Labute approximate surface area is 153 Å². The maximum absolute atomic E-state index is 13.5. The quantitative estimate of drug-likeness (QED) is 0.741. The van der Waals surface area contributed by atoms with E-state index in [-0.39, 0.29) is 30.6 Å². The van der Waals surface area contributed by atoms with Crippen LogP contribution < -0.4 is 10.6 Å². The molecule has 0 aliphatic carbocycles. The van der Waals surface area contributed by atoms with E-state index in [1.165, 1.54) is 12.1 Å². The Balaban J connectivity index is 0.00000243. The van der Waals surface area contributed by atoms with E-state index < -0.39 is 29.4 Å². The molecule has 1 saturated heterocycles. The second kappa shape index (κ2) is 8.07. The van der Waals surface area contributed by atoms with Crippen molar-refractivity contribution in [3.05, 3.63) is 47.8 Å². The molecule has 2 heterocycles. The largest absolute Gasteiger partial charge is 0.434 e. The van der Waals surface area contributed by atoms with Gasteiger partial charge in [-0.05, 0) is 12.1 Å². The lowest BCUT2D eigenvalue weighted by Gasteiger charge is -2.15. The first-order valence-corrected chi connectivity index (χ1v) is 7.75. The highest BCUT2D eigenvalue weighted by Crippen LogP contribution is 2.33. The number of benzene rings is 1. The van der Waals surface area contributed by atoms with Crippen molar-refractivity contribution in [3.8, 4) is 5.69 Å². The molecule has 6 nitrogen and oxygen atoms in total. The van der Waals surface area contributed by atoms with Crippen LogP contribution >= 0.6 is 12.4 Å². The Morgan fingerprint density at radius 2 is 2.00 bits per heavy atom. The molecule has 1 aliphatic heterocycles. The maximum atomic E-state index is 13.5. The first-order valence-electron chi connectivity index (χ1n) is 7.75. The molecule has 1 amide bonds. The summed E-state index contributed by atoms with van der Waals surface area (Å²) in [5, 5.41) is 18.8. The van der Waals surface area contributed by atoms with Crippen molar-refractivity contribution >= 4 is 18.3 Å². The molecule has 0 bridgehead atoms. The molecule has 1 aromatic carbocycles. The lowest BCUT2D eigenvalue weighted by Crippen LogP contribution is -2.35. The van der Waals surface area contributed by atoms with E-state index >= 15 is 0 Å². The summed E-state index contributed by atoms with van der Waals surface area (Å²) in [5.74, 6) is -1.10. The van der Waals surface area contributed by atoms with Crippen LogP contribution in [0.25, 0.3) is 5.69 Å². The lowest BCUT2D eigenvalue weighted by molar-refractivity contribution is -0.143. The zero-order chi connectivity index (χ0) is 18.0. The van der Waals surface area contributed by atoms with Crippen LogP contribution in [-0.2, 0) is 6.18 Å². The number of aliphatic hydroxyl groups is 1. The Morgan fingerprint density at radius 3 is 2.58 bits per heavy atom. The Hall–Kier alpha value is -2.10. The molecule has 26 heavy (non-hydrogen) atoms. The summed E-state index contributed by atoms with van der Waals surface area (Å²) in [4.78, 5) is 12.3. The molecule has 1 fully saturated rings. The summed E-state index contributed by atoms with van der Waals surface area (Å²) < 4.78 is 41.2. The predicted molar refractivity (Wildman–Crippen MR) is 90.5 cm³/mol. The Morgan fingerprint density at radius 1 is 1.31 bits per heavy atom. The van der Waals surface area contributed by atoms with Gasteiger partial charge in [0.1, 0.15) is 0 Å². The zero-order valence-electron chi connectivity index (χ0n) is 13.5. The smallest absolute Gasteiger partial charge is 0.391 e. The molecular formula is C16H18ClF3N4O2. The highest BCUT2D eigenvalue weighted by molar-refractivity contribution is 5.95. The molecule has 0 saturated carbocycles. The van der Waals surface area contributed by atoms with Crippen LogP contribution in [0.15, 0.2) is 36.5 Å². The van der Waals surface area contributed by atoms with Gasteiger partial charge < -0.3 is 15.7 Å². The first kappa shape index (κ1) is 20.2. The van der Waals surface area contributed by atoms with Gasteiger partial charge in [-0.25, -0.2) is 4.68 Å². The van der Waals surface area contributed by atoms with Crippen molar-refractivity contribution in [2.75, 3.05) is 19.6 Å². The van der Waals surface area contributed by atoms with Crippen LogP contribution in [-0.4, -0.2) is 46.5 Å². The number of aromatic nitrogens is 2. The summed E-state index contributed by atoms with van der Waals surface area (Å²) in [7, 11) is 0. The fraction of sp³-hybridized carbons (Fsp3) is 0.375. The standard InChI is InChI=1S/C16H17F3N4O2.ClH/c17-16(18,19)14-12(8-22-23(14)11-4-2-1-3-5-11)15(25)21-7-10-6-20-9-13(10)24;/h1-5,8,10,13,20,24H,6-7,9H2,(H,21,25);1H. The number of aliphatic hydroxyl groups excluding tert-OH is 1. The average molecular weight is 391 g/mol. The number of β-amino-alcohol motifs (C(OH)–C–C–N with tert-alkyl or cyclic N) is 1. The number of hydrogen-bond acceptors (Lipinski definition) is 4. The van der Waals surface area contributed by atoms with Gasteiger partial charge in [0.15, 0.2) is 5.69 Å². The minimum Gasteiger partial charge on any atom is -0.391 e. The summed E-state index contributed by atoms with van der Waals surface area (Å²) in [6, 6.07) is 7.81. The molecule has 1 aromatic heterocycles. The normalized spacial score (nSPS) is 19.8. The minimum absolute atomic E-state index is 0. The first-order chi connectivity index (χ1) is 11.9. The lowest BCUT2D eigenvalue weighted by atomic mass is 10.1. The van der Waals surface area contributed by atoms with Crippen LogP contribution in [0.3, 0.4) is 0 Å². The van der Waals surface area contributed by atoms with Crippen molar-refractivity contribution in [2.45, 2.75) is 12.3 Å². The van der Waals surface area contributed by atoms with Crippen molar-refractivity contribution < 1.29 is 23.1 Å². The van der Waals surface area contributed by atoms with Gasteiger partial charge in [-0.2, -0.15) is 18.3 Å². The van der Waals surface area contributed by atoms with E-state index in [9.17, 15) is 23.1 Å². The molecular weight excluding hydrogens is 373 g/mol. The average Bonchev–Trinajstić information content (AvgIpc) is 3.19.